The third-order valence-corrected chi connectivity index (χ3v) is 6.20. The maximum absolute atomic E-state index is 10.9. The molecule has 1 N–H and O–H groups in total. The Morgan fingerprint density at radius 2 is 2.14 bits per heavy atom. The third kappa shape index (κ3) is 1.84. The zero-order valence-corrected chi connectivity index (χ0v) is 13.3. The summed E-state index contributed by atoms with van der Waals surface area (Å²) in [7, 11) is 1.67. The van der Waals surface area contributed by atoms with Crippen molar-refractivity contribution in [2.45, 2.75) is 25.7 Å². The number of methoxy groups -OCH3 is 1. The van der Waals surface area contributed by atoms with Gasteiger partial charge in [0.15, 0.2) is 6.29 Å². The highest BCUT2D eigenvalue weighted by atomic mass is 35.5. The van der Waals surface area contributed by atoms with E-state index in [0.29, 0.717) is 23.7 Å². The molecule has 0 aliphatic heterocycles. The second kappa shape index (κ2) is 5.02. The molecule has 4 heteroatoms. The van der Waals surface area contributed by atoms with Gasteiger partial charge in [0, 0.05) is 5.56 Å². The molecule has 4 atom stereocenters. The van der Waals surface area contributed by atoms with Gasteiger partial charge in [-0.2, -0.15) is 0 Å². The molecule has 4 aliphatic rings. The van der Waals surface area contributed by atoms with Gasteiger partial charge in [-0.1, -0.05) is 11.6 Å². The van der Waals surface area contributed by atoms with Gasteiger partial charge in [0.25, 0.3) is 0 Å². The molecule has 0 spiro atoms. The lowest BCUT2D eigenvalue weighted by Gasteiger charge is -2.29. The number of carbonyl (C=O) groups excluding carboxylic acids is 1. The molecule has 3 nitrogen and oxygen atoms in total. The lowest BCUT2D eigenvalue weighted by molar-refractivity contribution is 0.112. The summed E-state index contributed by atoms with van der Waals surface area (Å²) in [6.45, 7) is 0. The fraction of sp³-hybridized carbons (Fsp3) is 0.500. The van der Waals surface area contributed by atoms with E-state index in [-0.39, 0.29) is 16.3 Å². The number of benzene rings is 1. The van der Waals surface area contributed by atoms with Crippen LogP contribution in [0.25, 0.3) is 5.76 Å². The average molecular weight is 319 g/mol. The van der Waals surface area contributed by atoms with Crippen molar-refractivity contribution in [3.05, 3.63) is 33.9 Å². The first-order valence-corrected chi connectivity index (χ1v) is 8.26. The van der Waals surface area contributed by atoms with Crippen molar-refractivity contribution in [3.8, 4) is 5.75 Å². The molecule has 4 bridgehead atoms. The van der Waals surface area contributed by atoms with Crippen molar-refractivity contribution in [3.63, 3.8) is 0 Å². The highest BCUT2D eigenvalue weighted by Gasteiger charge is 2.52. The number of ether oxygens (including phenoxy) is 1. The molecule has 0 saturated heterocycles. The van der Waals surface area contributed by atoms with Crippen LogP contribution in [0, 0.1) is 23.7 Å². The Morgan fingerprint density at radius 3 is 2.82 bits per heavy atom. The van der Waals surface area contributed by atoms with Gasteiger partial charge in [-0.15, -0.1) is 0 Å². The molecule has 1 aromatic carbocycles. The minimum absolute atomic E-state index is 0.156. The molecule has 4 aliphatic carbocycles. The third-order valence-electron chi connectivity index (χ3n) is 5.82. The van der Waals surface area contributed by atoms with E-state index in [2.05, 4.69) is 0 Å². The predicted molar refractivity (Wildman–Crippen MR) is 84.9 cm³/mol. The highest BCUT2D eigenvalue weighted by molar-refractivity contribution is 6.34. The van der Waals surface area contributed by atoms with Crippen LogP contribution in [0.4, 0.5) is 0 Å². The summed E-state index contributed by atoms with van der Waals surface area (Å²) >= 11 is 6.31. The number of carbonyl (C=O) groups is 1. The Hall–Kier alpha value is -1.48. The maximum atomic E-state index is 10.9. The van der Waals surface area contributed by atoms with Crippen molar-refractivity contribution in [1.29, 1.82) is 0 Å². The number of aromatic hydroxyl groups is 1. The Kier molecular flexibility index (Phi) is 3.23. The smallest absolute Gasteiger partial charge is 0.153 e. The summed E-state index contributed by atoms with van der Waals surface area (Å²) < 4.78 is 5.73. The van der Waals surface area contributed by atoms with Crippen LogP contribution in [0.1, 0.15) is 41.6 Å². The van der Waals surface area contributed by atoms with E-state index in [4.69, 9.17) is 16.3 Å². The second-order valence-electron chi connectivity index (χ2n) is 6.84. The summed E-state index contributed by atoms with van der Waals surface area (Å²) in [6.07, 6.45) is 5.75. The van der Waals surface area contributed by atoms with Gasteiger partial charge in [0.2, 0.25) is 0 Å². The number of allylic oxidation sites excluding steroid dienone is 1. The van der Waals surface area contributed by atoms with E-state index in [1.165, 1.54) is 31.3 Å². The number of rotatable bonds is 3. The van der Waals surface area contributed by atoms with Crippen LogP contribution < -0.4 is 0 Å². The molecule has 0 aromatic heterocycles. The number of aldehydes is 1. The van der Waals surface area contributed by atoms with Crippen LogP contribution in [0.3, 0.4) is 0 Å². The van der Waals surface area contributed by atoms with E-state index in [9.17, 15) is 9.90 Å². The quantitative estimate of drug-likeness (QED) is 0.668. The van der Waals surface area contributed by atoms with Crippen LogP contribution in [-0.4, -0.2) is 18.5 Å². The number of phenolic OH excluding ortho intramolecular Hbond substituents is 1. The predicted octanol–water partition coefficient (Wildman–Crippen LogP) is 4.28. The number of halogens is 1. The fourth-order valence-electron chi connectivity index (χ4n) is 5.08. The summed E-state index contributed by atoms with van der Waals surface area (Å²) in [5.41, 5.74) is 2.31. The van der Waals surface area contributed by atoms with E-state index in [1.54, 1.807) is 19.2 Å². The first-order valence-electron chi connectivity index (χ1n) is 7.89. The normalized spacial score (nSPS) is 34.1. The zero-order valence-electron chi connectivity index (χ0n) is 12.5. The van der Waals surface area contributed by atoms with Crippen molar-refractivity contribution < 1.29 is 14.6 Å². The first-order chi connectivity index (χ1) is 10.6. The van der Waals surface area contributed by atoms with E-state index < -0.39 is 0 Å². The van der Waals surface area contributed by atoms with E-state index in [1.807, 2.05) is 0 Å². The standard InChI is InChI=1S/C18H19ClO3/c1-22-18(13-3-2-10(8-20)17(21)16(13)19)15-12-5-9-4-11(7-12)14(15)6-9/h2-3,8-9,11-12,14,21H,4-7H2,1H3/b18-15+. The molecule has 22 heavy (non-hydrogen) atoms. The molecule has 116 valence electrons. The molecular formula is C18H19ClO3. The Bertz CT molecular complexity index is 675. The summed E-state index contributed by atoms with van der Waals surface area (Å²) in [5.74, 6) is 3.55. The van der Waals surface area contributed by atoms with Gasteiger partial charge in [-0.3, -0.25) is 4.79 Å². The SMILES string of the molecule is CO/C(=C1\C2CC3CC(C2)C1C3)c1ccc(C=O)c(O)c1Cl. The van der Waals surface area contributed by atoms with Gasteiger partial charge in [0.05, 0.1) is 17.7 Å². The van der Waals surface area contributed by atoms with Crippen LogP contribution in [-0.2, 0) is 4.74 Å². The van der Waals surface area contributed by atoms with Crippen LogP contribution >= 0.6 is 11.6 Å². The average Bonchev–Trinajstić information content (AvgIpc) is 2.93. The summed E-state index contributed by atoms with van der Waals surface area (Å²) in [6, 6.07) is 3.39. The van der Waals surface area contributed by atoms with Gasteiger partial charge in [0.1, 0.15) is 11.5 Å². The zero-order chi connectivity index (χ0) is 15.4. The van der Waals surface area contributed by atoms with Crippen molar-refractivity contribution in [1.82, 2.24) is 0 Å². The van der Waals surface area contributed by atoms with E-state index >= 15 is 0 Å². The molecule has 0 amide bonds. The van der Waals surface area contributed by atoms with Crippen molar-refractivity contribution in [2.75, 3.05) is 7.11 Å². The lowest BCUT2D eigenvalue weighted by atomic mass is 9.78. The molecule has 0 radical (unpaired) electrons. The minimum atomic E-state index is -0.156. The topological polar surface area (TPSA) is 46.5 Å². The van der Waals surface area contributed by atoms with Gasteiger partial charge in [-0.05, 0) is 67.1 Å². The van der Waals surface area contributed by atoms with Crippen LogP contribution in [0.15, 0.2) is 17.7 Å². The molecule has 4 saturated carbocycles. The molecule has 4 fully saturated rings. The first kappa shape index (κ1) is 14.1. The van der Waals surface area contributed by atoms with Crippen LogP contribution in [0.5, 0.6) is 5.75 Å². The Morgan fingerprint density at radius 1 is 1.32 bits per heavy atom. The maximum Gasteiger partial charge on any atom is 0.153 e. The molecular weight excluding hydrogens is 300 g/mol. The van der Waals surface area contributed by atoms with Gasteiger partial charge in [-0.25, -0.2) is 0 Å². The molecule has 0 heterocycles. The fourth-order valence-corrected chi connectivity index (χ4v) is 5.34. The van der Waals surface area contributed by atoms with Crippen molar-refractivity contribution in [2.24, 2.45) is 23.7 Å². The molecule has 1 aromatic rings. The number of hydrogen-bond donors (Lipinski definition) is 1. The minimum Gasteiger partial charge on any atom is -0.506 e. The molecule has 4 unspecified atom stereocenters. The van der Waals surface area contributed by atoms with Gasteiger partial charge < -0.3 is 9.84 Å². The number of phenols is 1. The van der Waals surface area contributed by atoms with E-state index in [0.717, 1.165) is 17.6 Å². The lowest BCUT2D eigenvalue weighted by Crippen LogP contribution is -2.17. The summed E-state index contributed by atoms with van der Waals surface area (Å²) in [5, 5.41) is 10.3. The highest BCUT2D eigenvalue weighted by Crippen LogP contribution is 2.62. The van der Waals surface area contributed by atoms with Crippen LogP contribution in [0.2, 0.25) is 5.02 Å². The second-order valence-corrected chi connectivity index (χ2v) is 7.22. The Balaban J connectivity index is 1.85. The number of hydrogen-bond acceptors (Lipinski definition) is 3. The summed E-state index contributed by atoms with van der Waals surface area (Å²) in [4.78, 5) is 10.9. The Labute approximate surface area is 134 Å². The van der Waals surface area contributed by atoms with Gasteiger partial charge >= 0.3 is 0 Å². The largest absolute Gasteiger partial charge is 0.506 e. The molecule has 5 rings (SSSR count). The monoisotopic (exact) mass is 318 g/mol. The van der Waals surface area contributed by atoms with Crippen molar-refractivity contribution >= 4 is 23.6 Å².